The third-order valence-corrected chi connectivity index (χ3v) is 4.33. The summed E-state index contributed by atoms with van der Waals surface area (Å²) in [5.74, 6) is -1.01. The van der Waals surface area contributed by atoms with E-state index in [0.29, 0.717) is 0 Å². The van der Waals surface area contributed by atoms with Gasteiger partial charge in [-0.2, -0.15) is 5.10 Å². The van der Waals surface area contributed by atoms with Gasteiger partial charge >= 0.3 is 5.97 Å². The molecule has 0 atom stereocenters. The predicted octanol–water partition coefficient (Wildman–Crippen LogP) is 1.30. The predicted molar refractivity (Wildman–Crippen MR) is 88.3 cm³/mol. The van der Waals surface area contributed by atoms with E-state index < -0.39 is 11.9 Å². The second kappa shape index (κ2) is 6.67. The molecule has 1 fully saturated rings. The van der Waals surface area contributed by atoms with E-state index in [1.807, 2.05) is 18.2 Å². The van der Waals surface area contributed by atoms with Crippen LogP contribution in [0.4, 0.5) is 0 Å². The summed E-state index contributed by atoms with van der Waals surface area (Å²) in [6.45, 7) is 0. The first-order chi connectivity index (χ1) is 11.2. The van der Waals surface area contributed by atoms with Crippen LogP contribution >= 0.6 is 23.3 Å². The van der Waals surface area contributed by atoms with Crippen molar-refractivity contribution in [3.63, 3.8) is 0 Å². The Balaban J connectivity index is 1.71. The van der Waals surface area contributed by atoms with Crippen LogP contribution in [0.2, 0.25) is 0 Å². The molecule has 1 aliphatic rings. The number of aromatic nitrogens is 2. The molecule has 116 valence electrons. The Hall–Kier alpha value is -2.59. The highest BCUT2D eigenvalue weighted by atomic mass is 32.2. The lowest BCUT2D eigenvalue weighted by Gasteiger charge is -1.91. The van der Waals surface area contributed by atoms with E-state index in [2.05, 4.69) is 29.8 Å². The van der Waals surface area contributed by atoms with Crippen molar-refractivity contribution >= 4 is 56.8 Å². The van der Waals surface area contributed by atoms with Crippen molar-refractivity contribution in [3.05, 3.63) is 34.7 Å². The first kappa shape index (κ1) is 15.3. The van der Waals surface area contributed by atoms with Crippen molar-refractivity contribution in [3.8, 4) is 0 Å². The highest BCUT2D eigenvalue weighted by Gasteiger charge is 2.24. The number of hydrogen-bond donors (Lipinski definition) is 1. The number of thioether (sulfide) groups is 1. The number of methoxy groups -OCH3 is 1. The van der Waals surface area contributed by atoms with E-state index in [0.717, 1.165) is 33.6 Å². The summed E-state index contributed by atoms with van der Waals surface area (Å²) in [4.78, 5) is 23.0. The molecule has 10 heteroatoms. The van der Waals surface area contributed by atoms with Crippen LogP contribution in [0.25, 0.3) is 10.2 Å². The molecule has 1 amide bonds. The van der Waals surface area contributed by atoms with E-state index in [9.17, 15) is 9.59 Å². The summed E-state index contributed by atoms with van der Waals surface area (Å²) < 4.78 is 9.32. The molecule has 8 nitrogen and oxygen atoms in total. The third kappa shape index (κ3) is 3.60. The minimum atomic E-state index is -0.599. The van der Waals surface area contributed by atoms with Gasteiger partial charge in [-0.1, -0.05) is 10.6 Å². The van der Waals surface area contributed by atoms with Crippen molar-refractivity contribution in [2.75, 3.05) is 7.11 Å². The number of esters is 1. The Morgan fingerprint density at radius 2 is 2.30 bits per heavy atom. The molecule has 2 heterocycles. The second-order valence-corrected chi connectivity index (χ2v) is 6.05. The Kier molecular flexibility index (Phi) is 4.44. The van der Waals surface area contributed by atoms with Crippen LogP contribution in [0.3, 0.4) is 0 Å². The smallest absolute Gasteiger partial charge is 0.331 e. The van der Waals surface area contributed by atoms with Crippen LogP contribution in [-0.4, -0.2) is 40.0 Å². The van der Waals surface area contributed by atoms with Gasteiger partial charge in [-0.3, -0.25) is 10.1 Å². The molecule has 23 heavy (non-hydrogen) atoms. The normalized spacial score (nSPS) is 18.2. The fraction of sp³-hybridized carbons (Fsp3) is 0.0769. The summed E-state index contributed by atoms with van der Waals surface area (Å²) in [5.41, 5.74) is 1.60. The van der Waals surface area contributed by atoms with E-state index in [1.165, 1.54) is 18.6 Å². The molecular weight excluding hydrogens is 338 g/mol. The van der Waals surface area contributed by atoms with Crippen molar-refractivity contribution in [2.45, 2.75) is 0 Å². The molecule has 0 bridgehead atoms. The zero-order valence-corrected chi connectivity index (χ0v) is 13.3. The van der Waals surface area contributed by atoms with E-state index >= 15 is 0 Å². The summed E-state index contributed by atoms with van der Waals surface area (Å²) in [5, 5.41) is 14.6. The largest absolute Gasteiger partial charge is 0.466 e. The zero-order chi connectivity index (χ0) is 16.2. The van der Waals surface area contributed by atoms with Crippen LogP contribution in [0.1, 0.15) is 5.56 Å². The minimum absolute atomic E-state index is 0.209. The van der Waals surface area contributed by atoms with Crippen molar-refractivity contribution in [1.82, 2.24) is 14.9 Å². The lowest BCUT2D eigenvalue weighted by Crippen LogP contribution is -2.19. The van der Waals surface area contributed by atoms with Gasteiger partial charge in [0.15, 0.2) is 5.17 Å². The second-order valence-electron chi connectivity index (χ2n) is 4.24. The van der Waals surface area contributed by atoms with Crippen LogP contribution in [0.15, 0.2) is 39.4 Å². The summed E-state index contributed by atoms with van der Waals surface area (Å²) >= 11 is 2.34. The van der Waals surface area contributed by atoms with Gasteiger partial charge in [0, 0.05) is 6.08 Å². The van der Waals surface area contributed by atoms with E-state index in [4.69, 9.17) is 0 Å². The van der Waals surface area contributed by atoms with Gasteiger partial charge < -0.3 is 4.74 Å². The van der Waals surface area contributed by atoms with Gasteiger partial charge in [-0.05, 0) is 41.0 Å². The van der Waals surface area contributed by atoms with Crippen molar-refractivity contribution in [1.29, 1.82) is 0 Å². The van der Waals surface area contributed by atoms with Crippen LogP contribution < -0.4 is 5.32 Å². The van der Waals surface area contributed by atoms with Gasteiger partial charge in [0.25, 0.3) is 5.91 Å². The number of nitrogens with one attached hydrogen (secondary N) is 1. The Labute approximate surface area is 138 Å². The number of benzene rings is 1. The molecule has 1 saturated heterocycles. The van der Waals surface area contributed by atoms with Gasteiger partial charge in [0.2, 0.25) is 0 Å². The average Bonchev–Trinajstić information content (AvgIpc) is 3.14. The Morgan fingerprint density at radius 3 is 3.13 bits per heavy atom. The van der Waals surface area contributed by atoms with Gasteiger partial charge in [0.1, 0.15) is 5.52 Å². The highest BCUT2D eigenvalue weighted by molar-refractivity contribution is 8.18. The zero-order valence-electron chi connectivity index (χ0n) is 11.7. The van der Waals surface area contributed by atoms with Gasteiger partial charge in [-0.25, -0.2) is 4.79 Å². The first-order valence-electron chi connectivity index (χ1n) is 6.28. The maximum atomic E-state index is 11.6. The third-order valence-electron chi connectivity index (χ3n) is 2.73. The number of carbonyl (C=O) groups is 2. The fourth-order valence-corrected chi connectivity index (χ4v) is 2.95. The Bertz CT molecular complexity index is 871. The molecule has 0 unspecified atom stereocenters. The lowest BCUT2D eigenvalue weighted by atomic mass is 10.2. The monoisotopic (exact) mass is 347 g/mol. The molecule has 1 N–H and O–H groups in total. The van der Waals surface area contributed by atoms with Gasteiger partial charge in [0.05, 0.1) is 22.9 Å². The quantitative estimate of drug-likeness (QED) is 0.388. The first-order valence-corrected chi connectivity index (χ1v) is 7.86. The molecule has 0 aliphatic carbocycles. The molecule has 1 aromatic carbocycles. The average molecular weight is 347 g/mol. The number of fused-ring (bicyclic) bond motifs is 1. The molecule has 0 spiro atoms. The van der Waals surface area contributed by atoms with Gasteiger partial charge in [-0.15, -0.1) is 10.2 Å². The molecular formula is C13H9N5O3S2. The topological polar surface area (TPSA) is 106 Å². The number of amidine groups is 1. The fourth-order valence-electron chi connectivity index (χ4n) is 1.67. The SMILES string of the molecule is COC(=O)/C=C1/S/C(=N\N=Cc2ccc3snnc3c2)NC1=O. The van der Waals surface area contributed by atoms with Crippen LogP contribution in [0.5, 0.6) is 0 Å². The maximum Gasteiger partial charge on any atom is 0.331 e. The van der Waals surface area contributed by atoms with Crippen LogP contribution in [0, 0.1) is 0 Å². The van der Waals surface area contributed by atoms with Crippen LogP contribution in [-0.2, 0) is 14.3 Å². The molecule has 0 radical (unpaired) electrons. The van der Waals surface area contributed by atoms with Crippen molar-refractivity contribution < 1.29 is 14.3 Å². The Morgan fingerprint density at radius 1 is 1.43 bits per heavy atom. The standard InChI is InChI=1S/C13H9N5O3S2/c1-21-11(19)5-10-12(20)15-13(22-10)17-14-6-7-2-3-9-8(4-7)16-18-23-9/h2-6H,1H3,(H,15,17,20)/b10-5+,14-6?. The number of amides is 1. The summed E-state index contributed by atoms with van der Waals surface area (Å²) in [6.07, 6.45) is 2.65. The molecule has 1 aromatic heterocycles. The lowest BCUT2D eigenvalue weighted by molar-refractivity contribution is -0.135. The van der Waals surface area contributed by atoms with Crippen molar-refractivity contribution in [2.24, 2.45) is 10.2 Å². The minimum Gasteiger partial charge on any atom is -0.466 e. The summed E-state index contributed by atoms with van der Waals surface area (Å²) in [6, 6.07) is 5.61. The summed E-state index contributed by atoms with van der Waals surface area (Å²) in [7, 11) is 1.24. The number of nitrogens with zero attached hydrogens (tertiary/aromatic N) is 4. The maximum absolute atomic E-state index is 11.6. The highest BCUT2D eigenvalue weighted by Crippen LogP contribution is 2.23. The van der Waals surface area contributed by atoms with E-state index in [1.54, 1.807) is 6.21 Å². The number of carbonyl (C=O) groups excluding carboxylic acids is 2. The number of ether oxygens (including phenoxy) is 1. The van der Waals surface area contributed by atoms with E-state index in [-0.39, 0.29) is 10.1 Å². The number of hydrogen-bond acceptors (Lipinski definition) is 9. The molecule has 1 aliphatic heterocycles. The molecule has 2 aromatic rings. The number of rotatable bonds is 3. The molecule has 3 rings (SSSR count). The molecule has 0 saturated carbocycles.